The molecule has 1 aromatic carbocycles. The van der Waals surface area contributed by atoms with Crippen LogP contribution in [0.15, 0.2) is 29.6 Å². The molecule has 0 spiro atoms. The molecule has 0 aliphatic rings. The molecule has 0 aliphatic heterocycles. The summed E-state index contributed by atoms with van der Waals surface area (Å²) in [4.78, 5) is 19.1. The summed E-state index contributed by atoms with van der Waals surface area (Å²) in [6, 6.07) is 5.44. The Labute approximate surface area is 108 Å². The number of carboxylic acids is 1. The molecule has 0 amide bonds. The first-order chi connectivity index (χ1) is 8.61. The van der Waals surface area contributed by atoms with Crippen molar-refractivity contribution in [3.63, 3.8) is 0 Å². The van der Waals surface area contributed by atoms with Crippen molar-refractivity contribution in [1.29, 1.82) is 0 Å². The molecule has 18 heavy (non-hydrogen) atoms. The van der Waals surface area contributed by atoms with Gasteiger partial charge in [-0.1, -0.05) is 11.8 Å². The molecule has 1 atom stereocenters. The van der Waals surface area contributed by atoms with Gasteiger partial charge in [0, 0.05) is 11.5 Å². The van der Waals surface area contributed by atoms with Crippen LogP contribution in [0, 0.1) is 0 Å². The minimum Gasteiger partial charge on any atom is -0.497 e. The molecular formula is C12H12N2O3S. The summed E-state index contributed by atoms with van der Waals surface area (Å²) in [5.41, 5.74) is 0.740. The van der Waals surface area contributed by atoms with Crippen LogP contribution in [0.1, 0.15) is 6.92 Å². The summed E-state index contributed by atoms with van der Waals surface area (Å²) >= 11 is 1.20. The molecule has 0 aliphatic carbocycles. The zero-order valence-electron chi connectivity index (χ0n) is 9.95. The Balaban J connectivity index is 2.42. The molecule has 0 saturated heterocycles. The van der Waals surface area contributed by atoms with Gasteiger partial charge in [-0.05, 0) is 19.1 Å². The summed E-state index contributed by atoms with van der Waals surface area (Å²) in [5, 5.41) is 9.86. The van der Waals surface area contributed by atoms with Crippen LogP contribution >= 0.6 is 11.8 Å². The highest BCUT2D eigenvalue weighted by atomic mass is 32.2. The molecule has 1 N–H and O–H groups in total. The second-order valence-electron chi connectivity index (χ2n) is 3.66. The van der Waals surface area contributed by atoms with E-state index in [0.29, 0.717) is 10.8 Å². The van der Waals surface area contributed by atoms with Crippen LogP contribution in [0.3, 0.4) is 0 Å². The number of ether oxygens (including phenoxy) is 1. The molecular weight excluding hydrogens is 252 g/mol. The molecule has 1 aromatic heterocycles. The van der Waals surface area contributed by atoms with E-state index in [0.717, 1.165) is 10.9 Å². The predicted molar refractivity (Wildman–Crippen MR) is 69.0 cm³/mol. The van der Waals surface area contributed by atoms with Gasteiger partial charge >= 0.3 is 5.97 Å². The van der Waals surface area contributed by atoms with Crippen LogP contribution in [0.25, 0.3) is 10.9 Å². The minimum absolute atomic E-state index is 0.551. The molecule has 5 nitrogen and oxygen atoms in total. The van der Waals surface area contributed by atoms with Gasteiger partial charge in [-0.3, -0.25) is 4.79 Å². The van der Waals surface area contributed by atoms with E-state index in [1.807, 2.05) is 6.07 Å². The molecule has 6 heteroatoms. The van der Waals surface area contributed by atoms with Crippen LogP contribution < -0.4 is 4.74 Å². The van der Waals surface area contributed by atoms with E-state index < -0.39 is 11.2 Å². The van der Waals surface area contributed by atoms with Crippen molar-refractivity contribution in [2.75, 3.05) is 7.11 Å². The molecule has 0 bridgehead atoms. The highest BCUT2D eigenvalue weighted by Gasteiger charge is 2.15. The second kappa shape index (κ2) is 5.22. The third-order valence-corrected chi connectivity index (χ3v) is 3.55. The number of carbonyl (C=O) groups is 1. The molecule has 1 unspecified atom stereocenters. The molecule has 2 rings (SSSR count). The minimum atomic E-state index is -0.861. The Bertz CT molecular complexity index is 589. The first-order valence-electron chi connectivity index (χ1n) is 5.30. The summed E-state index contributed by atoms with van der Waals surface area (Å²) in [5.74, 6) is -0.149. The quantitative estimate of drug-likeness (QED) is 0.674. The monoisotopic (exact) mass is 264 g/mol. The number of hydrogen-bond donors (Lipinski definition) is 1. The van der Waals surface area contributed by atoms with Gasteiger partial charge in [-0.2, -0.15) is 0 Å². The maximum Gasteiger partial charge on any atom is 0.316 e. The fourth-order valence-corrected chi connectivity index (χ4v) is 2.29. The van der Waals surface area contributed by atoms with Crippen LogP contribution in [0.5, 0.6) is 5.75 Å². The van der Waals surface area contributed by atoms with E-state index in [2.05, 4.69) is 9.97 Å². The van der Waals surface area contributed by atoms with Crippen molar-refractivity contribution in [3.8, 4) is 5.75 Å². The lowest BCUT2D eigenvalue weighted by Gasteiger charge is -2.08. The molecule has 0 fully saturated rings. The smallest absolute Gasteiger partial charge is 0.316 e. The normalized spacial score (nSPS) is 12.3. The van der Waals surface area contributed by atoms with Crippen molar-refractivity contribution in [2.45, 2.75) is 17.2 Å². The molecule has 0 saturated carbocycles. The van der Waals surface area contributed by atoms with Gasteiger partial charge in [0.05, 0.1) is 12.6 Å². The summed E-state index contributed by atoms with van der Waals surface area (Å²) in [7, 11) is 1.59. The van der Waals surface area contributed by atoms with Crippen LogP contribution in [-0.2, 0) is 4.79 Å². The van der Waals surface area contributed by atoms with E-state index in [4.69, 9.17) is 9.84 Å². The Kier molecular flexibility index (Phi) is 3.66. The van der Waals surface area contributed by atoms with Gasteiger partial charge in [0.1, 0.15) is 22.4 Å². The lowest BCUT2D eigenvalue weighted by molar-refractivity contribution is -0.136. The van der Waals surface area contributed by atoms with E-state index in [1.54, 1.807) is 26.2 Å². The maximum absolute atomic E-state index is 10.9. The SMILES string of the molecule is COc1ccc2c(SC(C)C(=O)O)ncnc2c1. The van der Waals surface area contributed by atoms with E-state index >= 15 is 0 Å². The zero-order chi connectivity index (χ0) is 13.1. The maximum atomic E-state index is 10.9. The van der Waals surface area contributed by atoms with Gasteiger partial charge in [0.2, 0.25) is 0 Å². The van der Waals surface area contributed by atoms with Gasteiger partial charge in [0.15, 0.2) is 0 Å². The number of thioether (sulfide) groups is 1. The highest BCUT2D eigenvalue weighted by molar-refractivity contribution is 8.00. The highest BCUT2D eigenvalue weighted by Crippen LogP contribution is 2.29. The van der Waals surface area contributed by atoms with Gasteiger partial charge < -0.3 is 9.84 Å². The number of rotatable bonds is 4. The average Bonchev–Trinajstić information content (AvgIpc) is 2.38. The first kappa shape index (κ1) is 12.6. The lowest BCUT2D eigenvalue weighted by atomic mass is 10.2. The van der Waals surface area contributed by atoms with Crippen LogP contribution in [0.4, 0.5) is 0 Å². The zero-order valence-corrected chi connectivity index (χ0v) is 10.8. The fraction of sp³-hybridized carbons (Fsp3) is 0.250. The fourth-order valence-electron chi connectivity index (χ4n) is 1.45. The lowest BCUT2D eigenvalue weighted by Crippen LogP contribution is -2.11. The van der Waals surface area contributed by atoms with Crippen molar-refractivity contribution in [2.24, 2.45) is 0 Å². The van der Waals surface area contributed by atoms with Crippen LogP contribution in [-0.4, -0.2) is 33.4 Å². The Morgan fingerprint density at radius 3 is 2.89 bits per heavy atom. The summed E-state index contributed by atoms with van der Waals surface area (Å²) in [6.07, 6.45) is 1.43. The molecule has 2 aromatic rings. The third-order valence-electron chi connectivity index (χ3n) is 2.44. The third kappa shape index (κ3) is 2.53. The summed E-state index contributed by atoms with van der Waals surface area (Å²) in [6.45, 7) is 1.63. The number of benzene rings is 1. The number of carboxylic acid groups (broad SMARTS) is 1. The summed E-state index contributed by atoms with van der Waals surface area (Å²) < 4.78 is 5.12. The molecule has 1 heterocycles. The number of aliphatic carboxylic acids is 1. The van der Waals surface area contributed by atoms with Gasteiger partial charge in [-0.15, -0.1) is 0 Å². The first-order valence-corrected chi connectivity index (χ1v) is 6.18. The number of fused-ring (bicyclic) bond motifs is 1. The number of nitrogens with zero attached hydrogens (tertiary/aromatic N) is 2. The molecule has 94 valence electrons. The molecule has 0 radical (unpaired) electrons. The average molecular weight is 264 g/mol. The van der Waals surface area contributed by atoms with Crippen LogP contribution in [0.2, 0.25) is 0 Å². The topological polar surface area (TPSA) is 72.3 Å². The van der Waals surface area contributed by atoms with E-state index in [9.17, 15) is 4.79 Å². The number of aromatic nitrogens is 2. The standard InChI is InChI=1S/C12H12N2O3S/c1-7(12(15)16)18-11-9-4-3-8(17-2)5-10(9)13-6-14-11/h3-7H,1-2H3,(H,15,16). The van der Waals surface area contributed by atoms with Gasteiger partial charge in [0.25, 0.3) is 0 Å². The largest absolute Gasteiger partial charge is 0.497 e. The number of hydrogen-bond acceptors (Lipinski definition) is 5. The Morgan fingerprint density at radius 2 is 2.22 bits per heavy atom. The number of methoxy groups -OCH3 is 1. The Morgan fingerprint density at radius 1 is 1.44 bits per heavy atom. The van der Waals surface area contributed by atoms with Crippen molar-refractivity contribution >= 4 is 28.6 Å². The van der Waals surface area contributed by atoms with E-state index in [-0.39, 0.29) is 0 Å². The van der Waals surface area contributed by atoms with Crippen molar-refractivity contribution in [1.82, 2.24) is 9.97 Å². The van der Waals surface area contributed by atoms with Crippen molar-refractivity contribution in [3.05, 3.63) is 24.5 Å². The van der Waals surface area contributed by atoms with Gasteiger partial charge in [-0.25, -0.2) is 9.97 Å². The predicted octanol–water partition coefficient (Wildman–Crippen LogP) is 2.20. The van der Waals surface area contributed by atoms with E-state index in [1.165, 1.54) is 18.1 Å². The second-order valence-corrected chi connectivity index (χ2v) is 4.99. The van der Waals surface area contributed by atoms with Crippen molar-refractivity contribution < 1.29 is 14.6 Å². The Hall–Kier alpha value is -1.82.